The summed E-state index contributed by atoms with van der Waals surface area (Å²) < 4.78 is 11.2. The summed E-state index contributed by atoms with van der Waals surface area (Å²) in [6.45, 7) is 2.24. The van der Waals surface area contributed by atoms with Gasteiger partial charge in [0.15, 0.2) is 11.6 Å². The van der Waals surface area contributed by atoms with Crippen molar-refractivity contribution in [3.05, 3.63) is 89.7 Å². The minimum atomic E-state index is 0.265. The Hall–Kier alpha value is -4.00. The molecule has 2 aromatic heterocycles. The van der Waals surface area contributed by atoms with E-state index in [1.54, 1.807) is 13.3 Å². The fourth-order valence-corrected chi connectivity index (χ4v) is 3.23. The van der Waals surface area contributed by atoms with Gasteiger partial charge >= 0.3 is 0 Å². The van der Waals surface area contributed by atoms with Gasteiger partial charge in [0, 0.05) is 24.1 Å². The molecule has 4 aromatic rings. The number of pyridine rings is 1. The molecule has 7 heteroatoms. The van der Waals surface area contributed by atoms with E-state index in [9.17, 15) is 0 Å². The summed E-state index contributed by atoms with van der Waals surface area (Å²) in [6.07, 6.45) is 4.11. The lowest BCUT2D eigenvalue weighted by atomic mass is 10.1. The predicted octanol–water partition coefficient (Wildman–Crippen LogP) is 4.50. The normalized spacial score (nSPS) is 11.5. The lowest BCUT2D eigenvalue weighted by molar-refractivity contribution is 0.299. The van der Waals surface area contributed by atoms with Crippen LogP contribution >= 0.6 is 0 Å². The first-order valence-electron chi connectivity index (χ1n) is 9.89. The number of methoxy groups -OCH3 is 1. The van der Waals surface area contributed by atoms with E-state index in [1.165, 1.54) is 0 Å². The van der Waals surface area contributed by atoms with E-state index in [0.29, 0.717) is 23.8 Å². The number of aromatic nitrogens is 4. The number of nitrogens with zero attached hydrogens (tertiary/aromatic N) is 3. The zero-order chi connectivity index (χ0) is 21.6. The first-order chi connectivity index (χ1) is 15.1. The number of H-pyrrole nitrogens is 1. The second-order valence-corrected chi connectivity index (χ2v) is 7.13. The zero-order valence-electron chi connectivity index (χ0n) is 17.4. The maximum atomic E-state index is 8.23. The van der Waals surface area contributed by atoms with E-state index >= 15 is 0 Å². The summed E-state index contributed by atoms with van der Waals surface area (Å²) in [4.78, 5) is 8.88. The summed E-state index contributed by atoms with van der Waals surface area (Å²) in [5.41, 5.74) is 3.16. The second kappa shape index (κ2) is 9.21. The average molecular weight is 413 g/mol. The third kappa shape index (κ3) is 4.95. The molecule has 0 aliphatic carbocycles. The Morgan fingerprint density at radius 2 is 1.97 bits per heavy atom. The Morgan fingerprint density at radius 3 is 2.77 bits per heavy atom. The van der Waals surface area contributed by atoms with Crippen LogP contribution in [-0.4, -0.2) is 33.0 Å². The molecule has 4 rings (SSSR count). The Balaban J connectivity index is 1.40. The fraction of sp³-hybridized carbons (Fsp3) is 0.167. The van der Waals surface area contributed by atoms with E-state index in [1.807, 2.05) is 67.6 Å². The highest BCUT2D eigenvalue weighted by atomic mass is 16.5. The number of allylic oxidation sites excluding steroid dienone is 2. The van der Waals surface area contributed by atoms with Gasteiger partial charge in [0.05, 0.1) is 18.3 Å². The van der Waals surface area contributed by atoms with Gasteiger partial charge in [0.1, 0.15) is 18.1 Å². The smallest absolute Gasteiger partial charge is 0.162 e. The van der Waals surface area contributed by atoms with Gasteiger partial charge in [-0.1, -0.05) is 35.9 Å². The highest BCUT2D eigenvalue weighted by molar-refractivity contribution is 6.06. The van der Waals surface area contributed by atoms with E-state index in [-0.39, 0.29) is 6.61 Å². The maximum Gasteiger partial charge on any atom is 0.162 e. The van der Waals surface area contributed by atoms with Crippen molar-refractivity contribution in [3.8, 4) is 11.5 Å². The maximum absolute atomic E-state index is 8.23. The molecule has 2 N–H and O–H groups in total. The van der Waals surface area contributed by atoms with Crippen molar-refractivity contribution in [1.82, 2.24) is 20.2 Å². The molecule has 31 heavy (non-hydrogen) atoms. The number of hydrogen-bond donors (Lipinski definition) is 2. The van der Waals surface area contributed by atoms with E-state index in [0.717, 1.165) is 33.5 Å². The third-order valence-electron chi connectivity index (χ3n) is 4.76. The first kappa shape index (κ1) is 20.3. The standard InChI is InChI=1S/C24H23N5O2/c1-16(12-20(25)17-6-4-3-5-7-17)13-23-27-24(29-28-23)15-31-22-10-11-26-21-14-18(30-2)8-9-19(21)22/h3-12,14,25H,13,15H2,1-2H3,(H,27,28,29)/b16-12-,25-20?. The minimum Gasteiger partial charge on any atom is -0.497 e. The van der Waals surface area contributed by atoms with Gasteiger partial charge in [-0.05, 0) is 36.8 Å². The molecule has 0 bridgehead atoms. The molecule has 2 aromatic carbocycles. The second-order valence-electron chi connectivity index (χ2n) is 7.13. The van der Waals surface area contributed by atoms with E-state index in [4.69, 9.17) is 14.9 Å². The number of hydrogen-bond acceptors (Lipinski definition) is 6. The molecule has 0 spiro atoms. The van der Waals surface area contributed by atoms with Crippen LogP contribution in [0.1, 0.15) is 24.1 Å². The lowest BCUT2D eigenvalue weighted by Gasteiger charge is -2.08. The van der Waals surface area contributed by atoms with E-state index < -0.39 is 0 Å². The fourth-order valence-electron chi connectivity index (χ4n) is 3.23. The SMILES string of the molecule is COc1ccc2c(OCc3nc(C/C(C)=C\C(=N)c4ccccc4)n[nH]3)ccnc2c1. The molecule has 0 atom stereocenters. The molecule has 2 heterocycles. The molecule has 7 nitrogen and oxygen atoms in total. The van der Waals surface area contributed by atoms with E-state index in [2.05, 4.69) is 20.2 Å². The predicted molar refractivity (Wildman–Crippen MR) is 120 cm³/mol. The quantitative estimate of drug-likeness (QED) is 0.415. The van der Waals surface area contributed by atoms with Crippen molar-refractivity contribution in [1.29, 1.82) is 5.41 Å². The highest BCUT2D eigenvalue weighted by Crippen LogP contribution is 2.27. The molecular weight excluding hydrogens is 390 g/mol. The van der Waals surface area contributed by atoms with Crippen LogP contribution in [-0.2, 0) is 13.0 Å². The summed E-state index contributed by atoms with van der Waals surface area (Å²) in [5, 5.41) is 16.3. The summed E-state index contributed by atoms with van der Waals surface area (Å²) in [6, 6.07) is 17.2. The molecule has 156 valence electrons. The van der Waals surface area contributed by atoms with Crippen molar-refractivity contribution >= 4 is 16.6 Å². The van der Waals surface area contributed by atoms with Gasteiger partial charge in [-0.2, -0.15) is 5.10 Å². The zero-order valence-corrected chi connectivity index (χ0v) is 17.4. The summed E-state index contributed by atoms with van der Waals surface area (Å²) >= 11 is 0. The van der Waals surface area contributed by atoms with Gasteiger partial charge in [-0.3, -0.25) is 10.1 Å². The van der Waals surface area contributed by atoms with Gasteiger partial charge in [-0.25, -0.2) is 4.98 Å². The molecule has 0 fully saturated rings. The molecular formula is C24H23N5O2. The molecule has 0 saturated carbocycles. The largest absolute Gasteiger partial charge is 0.497 e. The van der Waals surface area contributed by atoms with Crippen LogP contribution in [0.5, 0.6) is 11.5 Å². The van der Waals surface area contributed by atoms with Crippen LogP contribution in [0.4, 0.5) is 0 Å². The van der Waals surface area contributed by atoms with Crippen molar-refractivity contribution in [2.24, 2.45) is 0 Å². The summed E-state index contributed by atoms with van der Waals surface area (Å²) in [7, 11) is 1.63. The van der Waals surface area contributed by atoms with Crippen molar-refractivity contribution < 1.29 is 9.47 Å². The minimum absolute atomic E-state index is 0.265. The van der Waals surface area contributed by atoms with Gasteiger partial charge in [-0.15, -0.1) is 0 Å². The van der Waals surface area contributed by atoms with Gasteiger partial charge < -0.3 is 14.9 Å². The number of nitrogens with one attached hydrogen (secondary N) is 2. The highest BCUT2D eigenvalue weighted by Gasteiger charge is 2.09. The molecule has 0 amide bonds. The van der Waals surface area contributed by atoms with Crippen LogP contribution in [0.25, 0.3) is 10.9 Å². The molecule has 0 aliphatic heterocycles. The lowest BCUT2D eigenvalue weighted by Crippen LogP contribution is -2.00. The monoisotopic (exact) mass is 413 g/mol. The number of fused-ring (bicyclic) bond motifs is 1. The Morgan fingerprint density at radius 1 is 1.13 bits per heavy atom. The number of rotatable bonds is 8. The number of benzene rings is 2. The molecule has 0 unspecified atom stereocenters. The Labute approximate surface area is 180 Å². The Kier molecular flexibility index (Phi) is 6.03. The van der Waals surface area contributed by atoms with Gasteiger partial charge in [0.2, 0.25) is 0 Å². The topological polar surface area (TPSA) is 96.8 Å². The van der Waals surface area contributed by atoms with Crippen LogP contribution < -0.4 is 9.47 Å². The third-order valence-corrected chi connectivity index (χ3v) is 4.76. The van der Waals surface area contributed by atoms with Gasteiger partial charge in [0.25, 0.3) is 0 Å². The van der Waals surface area contributed by atoms with Crippen molar-refractivity contribution in [3.63, 3.8) is 0 Å². The van der Waals surface area contributed by atoms with Crippen LogP contribution in [0.3, 0.4) is 0 Å². The molecule has 0 aliphatic rings. The Bertz CT molecular complexity index is 1230. The number of aromatic amines is 1. The summed E-state index contributed by atoms with van der Waals surface area (Å²) in [5.74, 6) is 2.77. The van der Waals surface area contributed by atoms with Crippen LogP contribution in [0.2, 0.25) is 0 Å². The average Bonchev–Trinajstić information content (AvgIpc) is 3.24. The van der Waals surface area contributed by atoms with Crippen LogP contribution in [0, 0.1) is 5.41 Å². The molecule has 0 saturated heterocycles. The van der Waals surface area contributed by atoms with Crippen molar-refractivity contribution in [2.45, 2.75) is 20.0 Å². The molecule has 0 radical (unpaired) electrons. The van der Waals surface area contributed by atoms with Crippen molar-refractivity contribution in [2.75, 3.05) is 7.11 Å². The first-order valence-corrected chi connectivity index (χ1v) is 9.89. The number of ether oxygens (including phenoxy) is 2. The van der Waals surface area contributed by atoms with Crippen LogP contribution in [0.15, 0.2) is 72.4 Å².